The van der Waals surface area contributed by atoms with Gasteiger partial charge < -0.3 is 10.6 Å². The number of halogens is 2. The number of benzene rings is 1. The number of carbonyl (C=O) groups excluding carboxylic acids is 1. The van der Waals surface area contributed by atoms with Crippen molar-refractivity contribution in [2.45, 2.75) is 37.8 Å². The number of allylic oxidation sites excluding steroid dienone is 1. The van der Waals surface area contributed by atoms with Gasteiger partial charge in [-0.25, -0.2) is 0 Å². The first kappa shape index (κ1) is 13.8. The predicted molar refractivity (Wildman–Crippen MR) is 81.2 cm³/mol. The maximum atomic E-state index is 12.3. The van der Waals surface area contributed by atoms with Crippen molar-refractivity contribution in [2.75, 3.05) is 0 Å². The van der Waals surface area contributed by atoms with Crippen LogP contribution in [-0.4, -0.2) is 17.9 Å². The molecule has 0 radical (unpaired) electrons. The molecule has 0 aromatic heterocycles. The molecule has 1 saturated heterocycles. The Morgan fingerprint density at radius 2 is 1.80 bits per heavy atom. The summed E-state index contributed by atoms with van der Waals surface area (Å²) in [5.41, 5.74) is 0.435. The van der Waals surface area contributed by atoms with Crippen molar-refractivity contribution in [2.24, 2.45) is 0 Å². The fourth-order valence-corrected chi connectivity index (χ4v) is 3.30. The van der Waals surface area contributed by atoms with E-state index in [4.69, 9.17) is 23.2 Å². The normalized spacial score (nSPS) is 26.8. The van der Waals surface area contributed by atoms with Crippen LogP contribution in [0.25, 0.3) is 0 Å². The summed E-state index contributed by atoms with van der Waals surface area (Å²) in [6.45, 7) is 0. The van der Waals surface area contributed by atoms with Crippen LogP contribution in [0, 0.1) is 0 Å². The van der Waals surface area contributed by atoms with E-state index < -0.39 is 0 Å². The highest BCUT2D eigenvalue weighted by Gasteiger charge is 2.31. The van der Waals surface area contributed by atoms with Crippen molar-refractivity contribution in [3.05, 3.63) is 45.7 Å². The molecule has 0 bridgehead atoms. The number of carbonyl (C=O) groups is 1. The molecule has 106 valence electrons. The number of rotatable bonds is 2. The monoisotopic (exact) mass is 310 g/mol. The number of fused-ring (bicyclic) bond motifs is 1. The SMILES string of the molecule is O=C(C=C1N[C@H]2CCCC[C@H]2N1)c1cccc(Cl)c1Cl. The van der Waals surface area contributed by atoms with Gasteiger partial charge in [-0.2, -0.15) is 0 Å². The molecule has 1 aliphatic carbocycles. The molecule has 1 aromatic rings. The maximum absolute atomic E-state index is 12.3. The van der Waals surface area contributed by atoms with Gasteiger partial charge >= 0.3 is 0 Å². The summed E-state index contributed by atoms with van der Waals surface area (Å²) in [7, 11) is 0. The molecular formula is C15H16Cl2N2O. The van der Waals surface area contributed by atoms with Gasteiger partial charge in [-0.15, -0.1) is 0 Å². The van der Waals surface area contributed by atoms with E-state index in [-0.39, 0.29) is 5.78 Å². The zero-order valence-corrected chi connectivity index (χ0v) is 12.5. The van der Waals surface area contributed by atoms with E-state index in [1.807, 2.05) is 0 Å². The second-order valence-corrected chi connectivity index (χ2v) is 6.09. The lowest BCUT2D eigenvalue weighted by atomic mass is 9.92. The van der Waals surface area contributed by atoms with Crippen LogP contribution in [-0.2, 0) is 0 Å². The van der Waals surface area contributed by atoms with Gasteiger partial charge in [0.05, 0.1) is 10.0 Å². The van der Waals surface area contributed by atoms with Gasteiger partial charge in [-0.05, 0) is 25.0 Å². The third-order valence-corrected chi connectivity index (χ3v) is 4.76. The second-order valence-electron chi connectivity index (χ2n) is 5.31. The summed E-state index contributed by atoms with van der Waals surface area (Å²) in [5.74, 6) is 0.661. The first-order valence-corrected chi connectivity index (χ1v) is 7.64. The molecule has 2 aliphatic rings. The quantitative estimate of drug-likeness (QED) is 0.648. The summed E-state index contributed by atoms with van der Waals surface area (Å²) in [5, 5.41) is 7.47. The molecule has 2 N–H and O–H groups in total. The van der Waals surface area contributed by atoms with Crippen LogP contribution in [0.1, 0.15) is 36.0 Å². The molecule has 0 amide bonds. The molecule has 1 aliphatic heterocycles. The third kappa shape index (κ3) is 2.65. The molecular weight excluding hydrogens is 295 g/mol. The van der Waals surface area contributed by atoms with Crippen LogP contribution in [0.3, 0.4) is 0 Å². The summed E-state index contributed by atoms with van der Waals surface area (Å²) < 4.78 is 0. The van der Waals surface area contributed by atoms with Crippen molar-refractivity contribution in [1.29, 1.82) is 0 Å². The van der Waals surface area contributed by atoms with Crippen LogP contribution < -0.4 is 10.6 Å². The van der Waals surface area contributed by atoms with E-state index in [1.54, 1.807) is 24.3 Å². The van der Waals surface area contributed by atoms with Crippen molar-refractivity contribution >= 4 is 29.0 Å². The molecule has 0 spiro atoms. The van der Waals surface area contributed by atoms with Crippen LogP contribution in [0.15, 0.2) is 30.1 Å². The average molecular weight is 311 g/mol. The smallest absolute Gasteiger partial charge is 0.190 e. The highest BCUT2D eigenvalue weighted by atomic mass is 35.5. The Hall–Kier alpha value is -1.19. The van der Waals surface area contributed by atoms with Crippen molar-refractivity contribution in [3.8, 4) is 0 Å². The van der Waals surface area contributed by atoms with Gasteiger partial charge in [0.15, 0.2) is 5.78 Å². The molecule has 1 aromatic carbocycles. The largest absolute Gasteiger partial charge is 0.367 e. The molecule has 20 heavy (non-hydrogen) atoms. The van der Waals surface area contributed by atoms with Crippen LogP contribution in [0.5, 0.6) is 0 Å². The highest BCUT2D eigenvalue weighted by Crippen LogP contribution is 2.27. The minimum atomic E-state index is -0.133. The molecule has 1 heterocycles. The number of hydrogen-bond acceptors (Lipinski definition) is 3. The van der Waals surface area contributed by atoms with Gasteiger partial charge in [0.2, 0.25) is 0 Å². The Balaban J connectivity index is 1.78. The number of ketones is 1. The number of hydrogen-bond donors (Lipinski definition) is 2. The van der Waals surface area contributed by atoms with Gasteiger partial charge in [-0.3, -0.25) is 4.79 Å². The zero-order valence-electron chi connectivity index (χ0n) is 11.0. The summed E-state index contributed by atoms with van der Waals surface area (Å²) >= 11 is 12.0. The molecule has 0 unspecified atom stereocenters. The zero-order chi connectivity index (χ0) is 14.1. The van der Waals surface area contributed by atoms with Crippen molar-refractivity contribution in [1.82, 2.24) is 10.6 Å². The topological polar surface area (TPSA) is 41.1 Å². The molecule has 5 heteroatoms. The van der Waals surface area contributed by atoms with Crippen LogP contribution in [0.4, 0.5) is 0 Å². The summed E-state index contributed by atoms with van der Waals surface area (Å²) in [4.78, 5) is 12.3. The standard InChI is InChI=1S/C15H16Cl2N2O/c16-10-5-3-4-9(15(10)17)13(20)8-14-18-11-6-1-2-7-12(11)19-14/h3-5,8,11-12,18-19H,1-2,6-7H2/t11-,12+. The van der Waals surface area contributed by atoms with Crippen molar-refractivity contribution in [3.63, 3.8) is 0 Å². The Kier molecular flexibility index (Phi) is 3.90. The fraction of sp³-hybridized carbons (Fsp3) is 0.400. The minimum absolute atomic E-state index is 0.133. The molecule has 3 nitrogen and oxygen atoms in total. The molecule has 3 rings (SSSR count). The van der Waals surface area contributed by atoms with Crippen LogP contribution >= 0.6 is 23.2 Å². The maximum Gasteiger partial charge on any atom is 0.190 e. The van der Waals surface area contributed by atoms with E-state index >= 15 is 0 Å². The van der Waals surface area contributed by atoms with E-state index in [9.17, 15) is 4.79 Å². The lowest BCUT2D eigenvalue weighted by Crippen LogP contribution is -2.36. The van der Waals surface area contributed by atoms with Crippen LogP contribution in [0.2, 0.25) is 10.0 Å². The van der Waals surface area contributed by atoms with Gasteiger partial charge in [0.1, 0.15) is 5.82 Å². The number of nitrogens with one attached hydrogen (secondary N) is 2. The Labute approximate surface area is 128 Å². The molecule has 1 saturated carbocycles. The fourth-order valence-electron chi connectivity index (χ4n) is 2.90. The average Bonchev–Trinajstić information content (AvgIpc) is 2.83. The van der Waals surface area contributed by atoms with E-state index in [0.29, 0.717) is 27.7 Å². The highest BCUT2D eigenvalue weighted by molar-refractivity contribution is 6.44. The lowest BCUT2D eigenvalue weighted by Gasteiger charge is -2.23. The molecule has 2 atom stereocenters. The Morgan fingerprint density at radius 1 is 1.15 bits per heavy atom. The molecule has 2 fully saturated rings. The van der Waals surface area contributed by atoms with E-state index in [0.717, 1.165) is 18.7 Å². The van der Waals surface area contributed by atoms with Crippen molar-refractivity contribution < 1.29 is 4.79 Å². The summed E-state index contributed by atoms with van der Waals surface area (Å²) in [6.07, 6.45) is 6.38. The first-order valence-electron chi connectivity index (χ1n) is 6.88. The third-order valence-electron chi connectivity index (χ3n) is 3.94. The van der Waals surface area contributed by atoms with Gasteiger partial charge in [-0.1, -0.05) is 42.1 Å². The minimum Gasteiger partial charge on any atom is -0.367 e. The van der Waals surface area contributed by atoms with Gasteiger partial charge in [0, 0.05) is 23.7 Å². The first-order chi connectivity index (χ1) is 9.65. The lowest BCUT2D eigenvalue weighted by molar-refractivity contribution is 0.104. The Bertz CT molecular complexity index is 555. The second kappa shape index (κ2) is 5.66. The summed E-state index contributed by atoms with van der Waals surface area (Å²) in [6, 6.07) is 5.98. The van der Waals surface area contributed by atoms with E-state index in [2.05, 4.69) is 10.6 Å². The predicted octanol–water partition coefficient (Wildman–Crippen LogP) is 3.52. The van der Waals surface area contributed by atoms with Gasteiger partial charge in [0.25, 0.3) is 0 Å². The van der Waals surface area contributed by atoms with E-state index in [1.165, 1.54) is 12.8 Å². The Morgan fingerprint density at radius 3 is 2.45 bits per heavy atom.